The Kier molecular flexibility index (Phi) is 4.46. The van der Waals surface area contributed by atoms with Crippen molar-refractivity contribution < 1.29 is 4.39 Å². The van der Waals surface area contributed by atoms with Gasteiger partial charge in [0.1, 0.15) is 10.9 Å². The molecule has 106 valence electrons. The summed E-state index contributed by atoms with van der Waals surface area (Å²) in [5, 5.41) is 3.94. The van der Waals surface area contributed by atoms with Gasteiger partial charge in [-0.3, -0.25) is 0 Å². The summed E-state index contributed by atoms with van der Waals surface area (Å²) in [5.74, 6) is 0. The first-order chi connectivity index (χ1) is 9.56. The molecule has 2 heterocycles. The summed E-state index contributed by atoms with van der Waals surface area (Å²) in [4.78, 5) is 16.3. The molecule has 2 rings (SSSR count). The van der Waals surface area contributed by atoms with Crippen LogP contribution in [0.4, 0.5) is 4.39 Å². The van der Waals surface area contributed by atoms with Gasteiger partial charge >= 0.3 is 5.69 Å². The van der Waals surface area contributed by atoms with Crippen LogP contribution in [0.15, 0.2) is 39.9 Å². The molecule has 0 aliphatic rings. The van der Waals surface area contributed by atoms with Gasteiger partial charge in [0.15, 0.2) is 0 Å². The topological polar surface area (TPSA) is 78.7 Å². The lowest BCUT2D eigenvalue weighted by atomic mass is 10.3. The number of halogens is 2. The number of nitrogens with two attached hydrogens (primary N) is 1. The molecule has 0 unspecified atom stereocenters. The molecular weight excluding hydrogens is 329 g/mol. The van der Waals surface area contributed by atoms with Crippen LogP contribution in [-0.4, -0.2) is 25.9 Å². The van der Waals surface area contributed by atoms with Crippen molar-refractivity contribution in [2.24, 2.45) is 5.73 Å². The molecule has 0 spiro atoms. The molecule has 0 saturated heterocycles. The number of nitrogens with zero attached hydrogens (tertiary/aromatic N) is 4. The fourth-order valence-corrected chi connectivity index (χ4v) is 1.85. The van der Waals surface area contributed by atoms with Gasteiger partial charge in [0.2, 0.25) is 0 Å². The lowest BCUT2D eigenvalue weighted by molar-refractivity contribution is 0.612. The van der Waals surface area contributed by atoms with Crippen molar-refractivity contribution in [3.63, 3.8) is 0 Å². The number of aryl methyl sites for hydroxylation is 1. The monoisotopic (exact) mass is 341 g/mol. The molecule has 0 bridgehead atoms. The average molecular weight is 342 g/mol. The lowest BCUT2D eigenvalue weighted by Crippen LogP contribution is -2.26. The first-order valence-electron chi connectivity index (χ1n) is 5.82. The van der Waals surface area contributed by atoms with Crippen LogP contribution >= 0.6 is 15.9 Å². The molecule has 0 amide bonds. The predicted molar refractivity (Wildman–Crippen MR) is 76.3 cm³/mol. The Hall–Kier alpha value is -1.80. The van der Waals surface area contributed by atoms with Crippen molar-refractivity contribution in [2.75, 3.05) is 6.54 Å². The van der Waals surface area contributed by atoms with Gasteiger partial charge in [0, 0.05) is 6.54 Å². The second kappa shape index (κ2) is 6.10. The van der Waals surface area contributed by atoms with E-state index in [4.69, 9.17) is 5.73 Å². The van der Waals surface area contributed by atoms with E-state index in [1.165, 1.54) is 10.9 Å². The minimum atomic E-state index is -0.374. The van der Waals surface area contributed by atoms with Crippen LogP contribution in [0, 0.1) is 6.92 Å². The van der Waals surface area contributed by atoms with E-state index >= 15 is 0 Å². The Morgan fingerprint density at radius 3 is 2.95 bits per heavy atom. The first kappa shape index (κ1) is 14.6. The van der Waals surface area contributed by atoms with E-state index < -0.39 is 0 Å². The Balaban J connectivity index is 2.38. The van der Waals surface area contributed by atoms with Crippen molar-refractivity contribution >= 4 is 15.9 Å². The average Bonchev–Trinajstić information content (AvgIpc) is 2.80. The maximum absolute atomic E-state index is 12.5. The minimum absolute atomic E-state index is 0.0295. The maximum Gasteiger partial charge on any atom is 0.350 e. The third kappa shape index (κ3) is 2.86. The summed E-state index contributed by atoms with van der Waals surface area (Å²) in [7, 11) is 0. The molecule has 8 heteroatoms. The Morgan fingerprint density at radius 2 is 2.35 bits per heavy atom. The number of hydrogen-bond donors (Lipinski definition) is 1. The van der Waals surface area contributed by atoms with Crippen LogP contribution in [-0.2, 0) is 6.54 Å². The molecule has 2 N–H and O–H groups in total. The fraction of sp³-hybridized carbons (Fsp3) is 0.250. The minimum Gasteiger partial charge on any atom is -0.327 e. The molecule has 2 aromatic heterocycles. The zero-order chi connectivity index (χ0) is 14.7. The van der Waals surface area contributed by atoms with E-state index in [0.29, 0.717) is 22.2 Å². The van der Waals surface area contributed by atoms with Gasteiger partial charge < -0.3 is 5.73 Å². The molecule has 0 aliphatic heterocycles. The molecule has 0 aromatic carbocycles. The highest BCUT2D eigenvalue weighted by atomic mass is 79.9. The van der Waals surface area contributed by atoms with Gasteiger partial charge in [-0.15, -0.1) is 0 Å². The second-order valence-electron chi connectivity index (χ2n) is 4.21. The van der Waals surface area contributed by atoms with Gasteiger partial charge in [0.25, 0.3) is 0 Å². The second-order valence-corrected chi connectivity index (χ2v) is 4.97. The standard InChI is InChI=1S/C12H13BrFN5O/c1-8-2-10(5-16-11(8)13)18-7-17-19(12(18)20)6-9(3-14)4-15/h2-3,5,7H,4,6,15H2,1H3/b9-3-. The zero-order valence-corrected chi connectivity index (χ0v) is 12.3. The van der Waals surface area contributed by atoms with Gasteiger partial charge in [-0.25, -0.2) is 23.4 Å². The van der Waals surface area contributed by atoms with Crippen molar-refractivity contribution in [1.82, 2.24) is 19.3 Å². The zero-order valence-electron chi connectivity index (χ0n) is 10.8. The molecule has 0 aliphatic carbocycles. The fourth-order valence-electron chi connectivity index (χ4n) is 1.63. The van der Waals surface area contributed by atoms with Crippen molar-refractivity contribution in [2.45, 2.75) is 13.5 Å². The van der Waals surface area contributed by atoms with Gasteiger partial charge in [-0.1, -0.05) is 0 Å². The van der Waals surface area contributed by atoms with Gasteiger partial charge in [-0.05, 0) is 40.1 Å². The van der Waals surface area contributed by atoms with Crippen LogP contribution in [0.3, 0.4) is 0 Å². The number of aromatic nitrogens is 4. The summed E-state index contributed by atoms with van der Waals surface area (Å²) in [6, 6.07) is 1.80. The normalized spacial score (nSPS) is 11.9. The van der Waals surface area contributed by atoms with Crippen molar-refractivity contribution in [3.05, 3.63) is 51.1 Å². The molecule has 2 aromatic rings. The van der Waals surface area contributed by atoms with E-state index in [9.17, 15) is 9.18 Å². The number of hydrogen-bond acceptors (Lipinski definition) is 4. The molecule has 20 heavy (non-hydrogen) atoms. The third-order valence-electron chi connectivity index (χ3n) is 2.78. The molecule has 6 nitrogen and oxygen atoms in total. The van der Waals surface area contributed by atoms with E-state index in [2.05, 4.69) is 26.0 Å². The highest BCUT2D eigenvalue weighted by Gasteiger charge is 2.09. The lowest BCUT2D eigenvalue weighted by Gasteiger charge is -2.03. The summed E-state index contributed by atoms with van der Waals surface area (Å²) in [6.07, 6.45) is 3.33. The number of rotatable bonds is 4. The summed E-state index contributed by atoms with van der Waals surface area (Å²) in [6.45, 7) is 1.94. The third-order valence-corrected chi connectivity index (χ3v) is 3.61. The van der Waals surface area contributed by atoms with Crippen LogP contribution in [0.5, 0.6) is 0 Å². The first-order valence-corrected chi connectivity index (χ1v) is 6.61. The van der Waals surface area contributed by atoms with E-state index in [1.807, 2.05) is 6.92 Å². The Morgan fingerprint density at radius 1 is 1.60 bits per heavy atom. The molecule has 0 atom stereocenters. The van der Waals surface area contributed by atoms with Crippen LogP contribution in [0.2, 0.25) is 0 Å². The summed E-state index contributed by atoms with van der Waals surface area (Å²) >= 11 is 3.29. The Labute approximate surface area is 122 Å². The largest absolute Gasteiger partial charge is 0.350 e. The summed E-state index contributed by atoms with van der Waals surface area (Å²) < 4.78 is 15.7. The number of pyridine rings is 1. The highest BCUT2D eigenvalue weighted by molar-refractivity contribution is 9.10. The van der Waals surface area contributed by atoms with Gasteiger partial charge in [-0.2, -0.15) is 5.10 Å². The van der Waals surface area contributed by atoms with Crippen molar-refractivity contribution in [1.29, 1.82) is 0 Å². The molecule has 0 saturated carbocycles. The van der Waals surface area contributed by atoms with E-state index in [1.54, 1.807) is 12.3 Å². The van der Waals surface area contributed by atoms with E-state index in [0.717, 1.165) is 10.2 Å². The predicted octanol–water partition coefficient (Wildman–Crippen LogP) is 1.31. The quantitative estimate of drug-likeness (QED) is 0.850. The SMILES string of the molecule is Cc1cc(-n2cnn(C/C(=C\F)CN)c2=O)cnc1Br. The smallest absolute Gasteiger partial charge is 0.327 e. The van der Waals surface area contributed by atoms with Crippen molar-refractivity contribution in [3.8, 4) is 5.69 Å². The summed E-state index contributed by atoms with van der Waals surface area (Å²) in [5.41, 5.74) is 6.78. The Bertz CT molecular complexity index is 706. The van der Waals surface area contributed by atoms with Crippen LogP contribution < -0.4 is 11.4 Å². The van der Waals surface area contributed by atoms with Gasteiger partial charge in [0.05, 0.1) is 24.8 Å². The molecule has 0 radical (unpaired) electrons. The molecular formula is C12H13BrFN5O. The van der Waals surface area contributed by atoms with Crippen LogP contribution in [0.1, 0.15) is 5.56 Å². The van der Waals surface area contributed by atoms with E-state index in [-0.39, 0.29) is 18.8 Å². The molecule has 0 fully saturated rings. The highest BCUT2D eigenvalue weighted by Crippen LogP contribution is 2.15. The van der Waals surface area contributed by atoms with Crippen LogP contribution in [0.25, 0.3) is 5.69 Å². The maximum atomic E-state index is 12.5.